The van der Waals surface area contributed by atoms with Gasteiger partial charge in [-0.3, -0.25) is 9.59 Å². The van der Waals surface area contributed by atoms with E-state index >= 15 is 0 Å². The Kier molecular flexibility index (Phi) is 7.26. The number of aromatic nitrogens is 2. The number of methoxy groups -OCH3 is 3. The molecule has 0 spiro atoms. The molecule has 0 radical (unpaired) electrons. The van der Waals surface area contributed by atoms with Crippen LogP contribution in [-0.2, 0) is 17.8 Å². The van der Waals surface area contributed by atoms with E-state index in [1.807, 2.05) is 24.3 Å². The molecule has 3 aromatic rings. The van der Waals surface area contributed by atoms with Crippen molar-refractivity contribution in [3.05, 3.63) is 70.5 Å². The Balaban J connectivity index is 1.67. The van der Waals surface area contributed by atoms with Crippen molar-refractivity contribution in [2.24, 2.45) is 0 Å². The van der Waals surface area contributed by atoms with Gasteiger partial charge in [-0.2, -0.15) is 5.10 Å². The van der Waals surface area contributed by atoms with Crippen LogP contribution in [0.15, 0.2) is 59.4 Å². The molecule has 3 rings (SSSR count). The number of carbonyl (C=O) groups is 1. The van der Waals surface area contributed by atoms with E-state index in [1.54, 1.807) is 45.6 Å². The van der Waals surface area contributed by atoms with Gasteiger partial charge >= 0.3 is 0 Å². The molecule has 8 nitrogen and oxygen atoms in total. The van der Waals surface area contributed by atoms with Crippen molar-refractivity contribution in [3.8, 4) is 28.5 Å². The Labute approximate surface area is 180 Å². The minimum atomic E-state index is -0.365. The lowest BCUT2D eigenvalue weighted by atomic mass is 10.1. The van der Waals surface area contributed by atoms with E-state index in [4.69, 9.17) is 14.2 Å². The molecule has 162 valence electrons. The lowest BCUT2D eigenvalue weighted by Crippen LogP contribution is -2.34. The Morgan fingerprint density at radius 1 is 0.935 bits per heavy atom. The lowest BCUT2D eigenvalue weighted by Gasteiger charge is -2.12. The summed E-state index contributed by atoms with van der Waals surface area (Å²) in [6.45, 7) is 0.269. The topological polar surface area (TPSA) is 91.7 Å². The monoisotopic (exact) mass is 423 g/mol. The van der Waals surface area contributed by atoms with Crippen molar-refractivity contribution >= 4 is 5.91 Å². The number of carbonyl (C=O) groups excluding carboxylic acids is 1. The summed E-state index contributed by atoms with van der Waals surface area (Å²) in [6, 6.07) is 15.9. The highest BCUT2D eigenvalue weighted by atomic mass is 16.5. The van der Waals surface area contributed by atoms with Gasteiger partial charge in [-0.15, -0.1) is 0 Å². The van der Waals surface area contributed by atoms with Crippen LogP contribution >= 0.6 is 0 Å². The molecule has 1 amide bonds. The van der Waals surface area contributed by atoms with Crippen LogP contribution in [0.1, 0.15) is 5.56 Å². The second-order valence-electron chi connectivity index (χ2n) is 6.73. The van der Waals surface area contributed by atoms with Crippen LogP contribution < -0.4 is 25.1 Å². The molecule has 0 aliphatic heterocycles. The number of ether oxygens (including phenoxy) is 3. The highest BCUT2D eigenvalue weighted by Gasteiger charge is 2.12. The second kappa shape index (κ2) is 10.3. The van der Waals surface area contributed by atoms with Crippen molar-refractivity contribution in [2.75, 3.05) is 27.9 Å². The van der Waals surface area contributed by atoms with E-state index in [0.717, 1.165) is 16.0 Å². The fourth-order valence-electron chi connectivity index (χ4n) is 3.05. The number of rotatable bonds is 9. The number of nitrogens with zero attached hydrogens (tertiary/aromatic N) is 2. The predicted molar refractivity (Wildman–Crippen MR) is 117 cm³/mol. The largest absolute Gasteiger partial charge is 0.497 e. The summed E-state index contributed by atoms with van der Waals surface area (Å²) in [4.78, 5) is 24.6. The molecular weight excluding hydrogens is 398 g/mol. The van der Waals surface area contributed by atoms with Gasteiger partial charge in [0.25, 0.3) is 5.56 Å². The summed E-state index contributed by atoms with van der Waals surface area (Å²) in [7, 11) is 4.73. The van der Waals surface area contributed by atoms with Crippen molar-refractivity contribution < 1.29 is 19.0 Å². The number of hydrogen-bond acceptors (Lipinski definition) is 6. The molecule has 1 heterocycles. The highest BCUT2D eigenvalue weighted by molar-refractivity contribution is 5.75. The van der Waals surface area contributed by atoms with Gasteiger partial charge in [-0.05, 0) is 48.4 Å². The van der Waals surface area contributed by atoms with Crippen LogP contribution in [0, 0.1) is 0 Å². The normalized spacial score (nSPS) is 10.4. The molecule has 31 heavy (non-hydrogen) atoms. The highest BCUT2D eigenvalue weighted by Crippen LogP contribution is 2.31. The van der Waals surface area contributed by atoms with Crippen molar-refractivity contribution in [3.63, 3.8) is 0 Å². The average molecular weight is 423 g/mol. The van der Waals surface area contributed by atoms with Crippen molar-refractivity contribution in [1.82, 2.24) is 15.1 Å². The second-order valence-corrected chi connectivity index (χ2v) is 6.73. The zero-order chi connectivity index (χ0) is 22.2. The van der Waals surface area contributed by atoms with Crippen LogP contribution in [0.2, 0.25) is 0 Å². The van der Waals surface area contributed by atoms with E-state index in [-0.39, 0.29) is 18.0 Å². The van der Waals surface area contributed by atoms with E-state index in [9.17, 15) is 9.59 Å². The van der Waals surface area contributed by atoms with E-state index in [2.05, 4.69) is 10.4 Å². The molecule has 0 bridgehead atoms. The molecule has 0 atom stereocenters. The smallest absolute Gasteiger partial charge is 0.267 e. The summed E-state index contributed by atoms with van der Waals surface area (Å²) in [5.74, 6) is 1.71. The molecule has 0 fully saturated rings. The predicted octanol–water partition coefficient (Wildman–Crippen LogP) is 2.29. The standard InChI is InChI=1S/C23H25N3O5/c1-29-17-6-4-16(5-7-17)12-13-24-22(27)15-26-23(28)11-9-20(25-26)19-14-18(30-2)8-10-21(19)31-3/h4-11,14H,12-13,15H2,1-3H3,(H,24,27). The maximum Gasteiger partial charge on any atom is 0.267 e. The van der Waals surface area contributed by atoms with Gasteiger partial charge in [0.1, 0.15) is 23.8 Å². The quantitative estimate of drug-likeness (QED) is 0.568. The minimum absolute atomic E-state index is 0.179. The molecule has 1 N–H and O–H groups in total. The third-order valence-electron chi connectivity index (χ3n) is 4.74. The zero-order valence-corrected chi connectivity index (χ0v) is 17.8. The third kappa shape index (κ3) is 5.63. The lowest BCUT2D eigenvalue weighted by molar-refractivity contribution is -0.121. The fourth-order valence-corrected chi connectivity index (χ4v) is 3.05. The SMILES string of the molecule is COc1ccc(CCNC(=O)Cn2nc(-c3cc(OC)ccc3OC)ccc2=O)cc1. The molecule has 0 saturated heterocycles. The van der Waals surface area contributed by atoms with E-state index in [1.165, 1.54) is 6.07 Å². The minimum Gasteiger partial charge on any atom is -0.497 e. The molecule has 0 unspecified atom stereocenters. The number of benzene rings is 2. The van der Waals surface area contributed by atoms with Gasteiger partial charge in [0.15, 0.2) is 0 Å². The zero-order valence-electron chi connectivity index (χ0n) is 17.8. The van der Waals surface area contributed by atoms with Crippen LogP contribution in [0.3, 0.4) is 0 Å². The first kappa shape index (κ1) is 21.9. The maximum absolute atomic E-state index is 12.4. The molecule has 8 heteroatoms. The summed E-state index contributed by atoms with van der Waals surface area (Å²) < 4.78 is 16.9. The first-order chi connectivity index (χ1) is 15.0. The first-order valence-corrected chi connectivity index (χ1v) is 9.74. The fraction of sp³-hybridized carbons (Fsp3) is 0.261. The third-order valence-corrected chi connectivity index (χ3v) is 4.74. The molecule has 2 aromatic carbocycles. The number of nitrogens with one attached hydrogen (secondary N) is 1. The molecular formula is C23H25N3O5. The molecule has 1 aromatic heterocycles. The van der Waals surface area contributed by atoms with Crippen LogP contribution in [0.4, 0.5) is 0 Å². The molecule has 0 aliphatic rings. The summed E-state index contributed by atoms with van der Waals surface area (Å²) >= 11 is 0. The number of amides is 1. The average Bonchev–Trinajstić information content (AvgIpc) is 2.80. The summed E-state index contributed by atoms with van der Waals surface area (Å²) in [5, 5.41) is 7.17. The van der Waals surface area contributed by atoms with Gasteiger partial charge in [0.05, 0.1) is 27.0 Å². The molecule has 0 aliphatic carbocycles. The van der Waals surface area contributed by atoms with Crippen LogP contribution in [0.5, 0.6) is 17.2 Å². The van der Waals surface area contributed by atoms with Crippen molar-refractivity contribution in [1.29, 1.82) is 0 Å². The number of hydrogen-bond donors (Lipinski definition) is 1. The first-order valence-electron chi connectivity index (χ1n) is 9.74. The van der Waals surface area contributed by atoms with Crippen molar-refractivity contribution in [2.45, 2.75) is 13.0 Å². The Hall–Kier alpha value is -3.81. The van der Waals surface area contributed by atoms with Gasteiger partial charge in [-0.1, -0.05) is 12.1 Å². The van der Waals surface area contributed by atoms with E-state index in [0.29, 0.717) is 35.7 Å². The van der Waals surface area contributed by atoms with Crippen LogP contribution in [-0.4, -0.2) is 43.6 Å². The van der Waals surface area contributed by atoms with Gasteiger partial charge < -0.3 is 19.5 Å². The summed E-state index contributed by atoms with van der Waals surface area (Å²) in [6.07, 6.45) is 0.666. The maximum atomic E-state index is 12.4. The Bertz CT molecular complexity index is 1090. The van der Waals surface area contributed by atoms with Gasteiger partial charge in [0.2, 0.25) is 5.91 Å². The Morgan fingerprint density at radius 3 is 2.32 bits per heavy atom. The Morgan fingerprint density at radius 2 is 1.65 bits per heavy atom. The van der Waals surface area contributed by atoms with E-state index < -0.39 is 0 Å². The summed E-state index contributed by atoms with van der Waals surface area (Å²) in [5.41, 5.74) is 1.87. The molecule has 0 saturated carbocycles. The van der Waals surface area contributed by atoms with Gasteiger partial charge in [-0.25, -0.2) is 4.68 Å². The van der Waals surface area contributed by atoms with Gasteiger partial charge in [0, 0.05) is 18.2 Å². The van der Waals surface area contributed by atoms with Crippen LogP contribution in [0.25, 0.3) is 11.3 Å².